The van der Waals surface area contributed by atoms with Gasteiger partial charge in [0.1, 0.15) is 38.1 Å². The number of morpholine rings is 1. The molecule has 0 saturated carbocycles. The summed E-state index contributed by atoms with van der Waals surface area (Å²) in [5.41, 5.74) is 0. The van der Waals surface area contributed by atoms with E-state index in [1.54, 1.807) is 0 Å². The van der Waals surface area contributed by atoms with Crippen LogP contribution in [0.5, 0.6) is 5.75 Å². The van der Waals surface area contributed by atoms with Gasteiger partial charge in [0, 0.05) is 4.47 Å². The Morgan fingerprint density at radius 3 is 2.61 bits per heavy atom. The zero-order chi connectivity index (χ0) is 12.8. The van der Waals surface area contributed by atoms with Gasteiger partial charge < -0.3 is 19.5 Å². The van der Waals surface area contributed by atoms with E-state index in [-0.39, 0.29) is 0 Å². The Labute approximate surface area is 116 Å². The van der Waals surface area contributed by atoms with Crippen LogP contribution in [0.15, 0.2) is 28.7 Å². The molecular formula is C13H19BrNO3+. The third kappa shape index (κ3) is 4.57. The summed E-state index contributed by atoms with van der Waals surface area (Å²) in [6, 6.07) is 7.63. The zero-order valence-corrected chi connectivity index (χ0v) is 11.9. The van der Waals surface area contributed by atoms with E-state index in [4.69, 9.17) is 9.47 Å². The van der Waals surface area contributed by atoms with Crippen molar-refractivity contribution < 1.29 is 19.5 Å². The second-order valence-corrected chi connectivity index (χ2v) is 5.40. The summed E-state index contributed by atoms with van der Waals surface area (Å²) in [6.07, 6.45) is -0.429. The van der Waals surface area contributed by atoms with Crippen molar-refractivity contribution in [2.75, 3.05) is 39.5 Å². The minimum absolute atomic E-state index is 0.339. The van der Waals surface area contributed by atoms with Gasteiger partial charge in [-0.3, -0.25) is 0 Å². The Kier molecular flexibility index (Phi) is 5.44. The highest BCUT2D eigenvalue weighted by molar-refractivity contribution is 9.10. The van der Waals surface area contributed by atoms with E-state index in [2.05, 4.69) is 15.9 Å². The van der Waals surface area contributed by atoms with Crippen molar-refractivity contribution in [1.82, 2.24) is 0 Å². The smallest absolute Gasteiger partial charge is 0.137 e. The van der Waals surface area contributed by atoms with Gasteiger partial charge in [0.25, 0.3) is 0 Å². The normalized spacial score (nSPS) is 18.6. The van der Waals surface area contributed by atoms with Crippen molar-refractivity contribution in [3.63, 3.8) is 0 Å². The van der Waals surface area contributed by atoms with Gasteiger partial charge in [0.2, 0.25) is 0 Å². The minimum Gasteiger partial charge on any atom is -0.491 e. The summed E-state index contributed by atoms with van der Waals surface area (Å²) in [7, 11) is 0. The molecule has 1 aliphatic heterocycles. The van der Waals surface area contributed by atoms with Gasteiger partial charge in [-0.05, 0) is 24.3 Å². The lowest BCUT2D eigenvalue weighted by Gasteiger charge is -2.25. The van der Waals surface area contributed by atoms with E-state index in [9.17, 15) is 5.11 Å². The van der Waals surface area contributed by atoms with Gasteiger partial charge >= 0.3 is 0 Å². The molecule has 18 heavy (non-hydrogen) atoms. The largest absolute Gasteiger partial charge is 0.491 e. The lowest BCUT2D eigenvalue weighted by atomic mass is 10.3. The molecule has 1 aromatic carbocycles. The molecule has 100 valence electrons. The molecule has 1 aromatic rings. The average molecular weight is 317 g/mol. The van der Waals surface area contributed by atoms with Crippen LogP contribution in [-0.2, 0) is 4.74 Å². The van der Waals surface area contributed by atoms with E-state index < -0.39 is 6.10 Å². The quantitative estimate of drug-likeness (QED) is 0.810. The summed E-state index contributed by atoms with van der Waals surface area (Å²) >= 11 is 3.37. The summed E-state index contributed by atoms with van der Waals surface area (Å²) in [6.45, 7) is 4.57. The highest BCUT2D eigenvalue weighted by Crippen LogP contribution is 2.15. The predicted molar refractivity (Wildman–Crippen MR) is 72.0 cm³/mol. The fraction of sp³-hybridized carbons (Fsp3) is 0.538. The Hall–Kier alpha value is -0.620. The van der Waals surface area contributed by atoms with Gasteiger partial charge in [-0.15, -0.1) is 0 Å². The molecule has 2 rings (SSSR count). The molecule has 1 atom stereocenters. The van der Waals surface area contributed by atoms with Crippen molar-refractivity contribution >= 4 is 15.9 Å². The maximum absolute atomic E-state index is 9.92. The Morgan fingerprint density at radius 2 is 1.94 bits per heavy atom. The van der Waals surface area contributed by atoms with Gasteiger partial charge in [-0.25, -0.2) is 0 Å². The standard InChI is InChI=1S/C13H18BrNO3/c14-11-1-3-13(4-2-11)18-10-12(16)9-15-5-7-17-8-6-15/h1-4,12,16H,5-10H2/p+1/t12-/m1/s1. The first-order valence-electron chi connectivity index (χ1n) is 6.22. The van der Waals surface area contributed by atoms with E-state index in [0.29, 0.717) is 6.61 Å². The second kappa shape index (κ2) is 7.09. The van der Waals surface area contributed by atoms with Gasteiger partial charge in [-0.1, -0.05) is 15.9 Å². The van der Waals surface area contributed by atoms with Crippen LogP contribution in [-0.4, -0.2) is 50.7 Å². The summed E-state index contributed by atoms with van der Waals surface area (Å²) in [4.78, 5) is 1.38. The SMILES string of the molecule is O[C@@H](COc1ccc(Br)cc1)C[NH+]1CCOCC1. The minimum atomic E-state index is -0.429. The molecule has 0 spiro atoms. The Morgan fingerprint density at radius 1 is 1.28 bits per heavy atom. The summed E-state index contributed by atoms with van der Waals surface area (Å²) in [5, 5.41) is 9.92. The summed E-state index contributed by atoms with van der Waals surface area (Å²) < 4.78 is 11.9. The molecule has 0 aliphatic carbocycles. The van der Waals surface area contributed by atoms with Gasteiger partial charge in [0.05, 0.1) is 13.2 Å². The predicted octanol–water partition coefficient (Wildman–Crippen LogP) is 0.104. The van der Waals surface area contributed by atoms with Crippen molar-refractivity contribution in [2.24, 2.45) is 0 Å². The number of hydrogen-bond acceptors (Lipinski definition) is 3. The van der Waals surface area contributed by atoms with Crippen LogP contribution in [0.3, 0.4) is 0 Å². The molecule has 0 unspecified atom stereocenters. The molecule has 5 heteroatoms. The monoisotopic (exact) mass is 316 g/mol. The van der Waals surface area contributed by atoms with Crippen molar-refractivity contribution in [2.45, 2.75) is 6.10 Å². The zero-order valence-electron chi connectivity index (χ0n) is 10.3. The second-order valence-electron chi connectivity index (χ2n) is 4.49. The first-order valence-corrected chi connectivity index (χ1v) is 7.01. The van der Waals surface area contributed by atoms with E-state index in [1.807, 2.05) is 24.3 Å². The van der Waals surface area contributed by atoms with Crippen molar-refractivity contribution in [3.05, 3.63) is 28.7 Å². The maximum atomic E-state index is 9.92. The molecule has 0 amide bonds. The third-order valence-corrected chi connectivity index (χ3v) is 3.51. The lowest BCUT2D eigenvalue weighted by Crippen LogP contribution is -3.15. The highest BCUT2D eigenvalue weighted by atomic mass is 79.9. The highest BCUT2D eigenvalue weighted by Gasteiger charge is 2.18. The molecule has 0 radical (unpaired) electrons. The Balaban J connectivity index is 1.70. The number of benzene rings is 1. The molecular weight excluding hydrogens is 298 g/mol. The fourth-order valence-electron chi connectivity index (χ4n) is 1.98. The average Bonchev–Trinajstić information content (AvgIpc) is 2.39. The molecule has 2 N–H and O–H groups in total. The van der Waals surface area contributed by atoms with Crippen LogP contribution in [0.1, 0.15) is 0 Å². The topological polar surface area (TPSA) is 43.1 Å². The number of hydrogen-bond donors (Lipinski definition) is 2. The molecule has 4 nitrogen and oxygen atoms in total. The van der Waals surface area contributed by atoms with Crippen LogP contribution < -0.4 is 9.64 Å². The number of rotatable bonds is 5. The number of aliphatic hydroxyl groups is 1. The van der Waals surface area contributed by atoms with Crippen LogP contribution in [0.25, 0.3) is 0 Å². The molecule has 1 saturated heterocycles. The van der Waals surface area contributed by atoms with Crippen molar-refractivity contribution in [1.29, 1.82) is 0 Å². The molecule has 1 fully saturated rings. The summed E-state index contributed by atoms with van der Waals surface area (Å²) in [5.74, 6) is 0.786. The lowest BCUT2D eigenvalue weighted by molar-refractivity contribution is -0.911. The molecule has 0 aromatic heterocycles. The van der Waals surface area contributed by atoms with Crippen LogP contribution in [0.2, 0.25) is 0 Å². The van der Waals surface area contributed by atoms with Gasteiger partial charge in [0.15, 0.2) is 0 Å². The number of quaternary nitrogens is 1. The van der Waals surface area contributed by atoms with E-state index in [1.165, 1.54) is 4.90 Å². The molecule has 0 bridgehead atoms. The third-order valence-electron chi connectivity index (χ3n) is 2.98. The van der Waals surface area contributed by atoms with Crippen LogP contribution in [0, 0.1) is 0 Å². The fourth-order valence-corrected chi connectivity index (χ4v) is 2.24. The van der Waals surface area contributed by atoms with E-state index >= 15 is 0 Å². The van der Waals surface area contributed by atoms with Crippen LogP contribution in [0.4, 0.5) is 0 Å². The van der Waals surface area contributed by atoms with E-state index in [0.717, 1.165) is 43.1 Å². The first kappa shape index (κ1) is 13.8. The van der Waals surface area contributed by atoms with Gasteiger partial charge in [-0.2, -0.15) is 0 Å². The number of ether oxygens (including phenoxy) is 2. The molecule has 1 heterocycles. The van der Waals surface area contributed by atoms with Crippen LogP contribution >= 0.6 is 15.9 Å². The van der Waals surface area contributed by atoms with Crippen molar-refractivity contribution in [3.8, 4) is 5.75 Å². The number of aliphatic hydroxyl groups excluding tert-OH is 1. The number of halogens is 1. The molecule has 1 aliphatic rings. The number of nitrogens with one attached hydrogen (secondary N) is 1. The Bertz CT molecular complexity index is 352. The first-order chi connectivity index (χ1) is 8.74. The maximum Gasteiger partial charge on any atom is 0.137 e.